The van der Waals surface area contributed by atoms with Crippen LogP contribution in [0.3, 0.4) is 0 Å². The minimum absolute atomic E-state index is 0.0815. The van der Waals surface area contributed by atoms with E-state index >= 15 is 0 Å². The van der Waals surface area contributed by atoms with E-state index in [0.717, 1.165) is 18.2 Å². The number of phenols is 1. The van der Waals surface area contributed by atoms with E-state index in [2.05, 4.69) is 5.32 Å². The lowest BCUT2D eigenvalue weighted by Gasteiger charge is -2.19. The summed E-state index contributed by atoms with van der Waals surface area (Å²) >= 11 is 0. The fourth-order valence-electron chi connectivity index (χ4n) is 2.87. The number of anilines is 1. The number of para-hydroxylation sites is 1. The first kappa shape index (κ1) is 20.3. The number of halogens is 3. The van der Waals surface area contributed by atoms with Crippen molar-refractivity contribution in [1.29, 1.82) is 0 Å². The van der Waals surface area contributed by atoms with Crippen molar-refractivity contribution in [2.75, 3.05) is 12.4 Å². The van der Waals surface area contributed by atoms with Crippen LogP contribution in [-0.2, 0) is 12.7 Å². The number of benzene rings is 3. The van der Waals surface area contributed by atoms with Gasteiger partial charge in [-0.25, -0.2) is 4.79 Å². The molecule has 0 saturated heterocycles. The molecule has 2 N–H and O–H groups in total. The molecule has 0 aliphatic rings. The van der Waals surface area contributed by atoms with Gasteiger partial charge in [-0.2, -0.15) is 13.2 Å². The van der Waals surface area contributed by atoms with Gasteiger partial charge < -0.3 is 15.3 Å². The third-order valence-electron chi connectivity index (χ3n) is 4.35. The number of phenolic OH excluding ortho intramolecular Hbond substituents is 1. The average Bonchev–Trinajstić information content (AvgIpc) is 2.68. The molecule has 29 heavy (non-hydrogen) atoms. The average molecular weight is 400 g/mol. The molecule has 4 nitrogen and oxygen atoms in total. The molecule has 3 rings (SSSR count). The summed E-state index contributed by atoms with van der Waals surface area (Å²) in [5.74, 6) is -0.245. The third kappa shape index (κ3) is 5.07. The molecule has 7 heteroatoms. The van der Waals surface area contributed by atoms with E-state index in [-0.39, 0.29) is 23.9 Å². The number of nitrogens with zero attached hydrogens (tertiary/aromatic N) is 1. The zero-order valence-corrected chi connectivity index (χ0v) is 15.6. The van der Waals surface area contributed by atoms with Crippen molar-refractivity contribution < 1.29 is 23.1 Å². The Morgan fingerprint density at radius 3 is 2.41 bits per heavy atom. The Labute approximate surface area is 166 Å². The molecular formula is C22H19F3N2O2. The standard InChI is InChI=1S/C22H19F3N2O2/c1-27(21(29)26-18-8-3-2-4-9-18)14-15-6-5-7-16(12-15)19-13-17(22(23,24)25)10-11-20(19)28/h2-13,28H,14H2,1H3,(H,26,29). The van der Waals surface area contributed by atoms with E-state index in [1.807, 2.05) is 6.07 Å². The molecule has 2 amide bonds. The van der Waals surface area contributed by atoms with Gasteiger partial charge in [-0.15, -0.1) is 0 Å². The van der Waals surface area contributed by atoms with Crippen molar-refractivity contribution in [2.45, 2.75) is 12.7 Å². The first-order chi connectivity index (χ1) is 13.7. The van der Waals surface area contributed by atoms with Gasteiger partial charge in [0, 0.05) is 24.8 Å². The van der Waals surface area contributed by atoms with E-state index < -0.39 is 11.7 Å². The van der Waals surface area contributed by atoms with Crippen molar-refractivity contribution in [3.63, 3.8) is 0 Å². The van der Waals surface area contributed by atoms with Gasteiger partial charge in [0.25, 0.3) is 0 Å². The van der Waals surface area contributed by atoms with Crippen molar-refractivity contribution in [2.24, 2.45) is 0 Å². The smallest absolute Gasteiger partial charge is 0.416 e. The van der Waals surface area contributed by atoms with Crippen LogP contribution in [0.2, 0.25) is 0 Å². The largest absolute Gasteiger partial charge is 0.507 e. The quantitative estimate of drug-likeness (QED) is 0.587. The fraction of sp³-hybridized carbons (Fsp3) is 0.136. The Morgan fingerprint density at radius 2 is 1.72 bits per heavy atom. The maximum absolute atomic E-state index is 13.0. The number of carbonyl (C=O) groups is 1. The van der Waals surface area contributed by atoms with Gasteiger partial charge >= 0.3 is 12.2 Å². The Bertz CT molecular complexity index is 1000. The van der Waals surface area contributed by atoms with Gasteiger partial charge in [0.1, 0.15) is 5.75 Å². The van der Waals surface area contributed by atoms with E-state index in [0.29, 0.717) is 16.8 Å². The summed E-state index contributed by atoms with van der Waals surface area (Å²) in [6.45, 7) is 0.242. The molecule has 3 aromatic carbocycles. The number of amides is 2. The third-order valence-corrected chi connectivity index (χ3v) is 4.35. The number of rotatable bonds is 4. The van der Waals surface area contributed by atoms with Crippen LogP contribution < -0.4 is 5.32 Å². The highest BCUT2D eigenvalue weighted by atomic mass is 19.4. The molecule has 0 unspecified atom stereocenters. The van der Waals surface area contributed by atoms with Crippen molar-refractivity contribution >= 4 is 11.7 Å². The predicted octanol–water partition coefficient (Wildman–Crippen LogP) is 5.74. The topological polar surface area (TPSA) is 52.6 Å². The molecular weight excluding hydrogens is 381 g/mol. The van der Waals surface area contributed by atoms with Crippen molar-refractivity contribution in [3.05, 3.63) is 83.9 Å². The Kier molecular flexibility index (Phi) is 5.77. The lowest BCUT2D eigenvalue weighted by atomic mass is 9.99. The maximum Gasteiger partial charge on any atom is 0.416 e. The maximum atomic E-state index is 13.0. The van der Waals surface area contributed by atoms with Crippen LogP contribution in [0.4, 0.5) is 23.7 Å². The van der Waals surface area contributed by atoms with Crippen LogP contribution in [-0.4, -0.2) is 23.1 Å². The normalized spacial score (nSPS) is 11.2. The number of hydrogen-bond acceptors (Lipinski definition) is 2. The molecule has 0 bridgehead atoms. The van der Waals surface area contributed by atoms with Gasteiger partial charge in [0.15, 0.2) is 0 Å². The molecule has 0 aliphatic carbocycles. The summed E-state index contributed by atoms with van der Waals surface area (Å²) in [4.78, 5) is 13.8. The fourth-order valence-corrected chi connectivity index (χ4v) is 2.87. The zero-order valence-electron chi connectivity index (χ0n) is 15.6. The van der Waals surface area contributed by atoms with Gasteiger partial charge in [-0.1, -0.05) is 36.4 Å². The Morgan fingerprint density at radius 1 is 1.00 bits per heavy atom. The number of nitrogens with one attached hydrogen (secondary N) is 1. The summed E-state index contributed by atoms with van der Waals surface area (Å²) in [5.41, 5.74) is 1.05. The summed E-state index contributed by atoms with van der Waals surface area (Å²) in [6.07, 6.45) is -4.50. The van der Waals surface area contributed by atoms with Crippen LogP contribution in [0.1, 0.15) is 11.1 Å². The SMILES string of the molecule is CN(Cc1cccc(-c2cc(C(F)(F)F)ccc2O)c1)C(=O)Nc1ccccc1. The van der Waals surface area contributed by atoms with Gasteiger partial charge in [-0.3, -0.25) is 0 Å². The van der Waals surface area contributed by atoms with Crippen molar-refractivity contribution in [1.82, 2.24) is 4.90 Å². The number of hydrogen-bond donors (Lipinski definition) is 2. The van der Waals surface area contributed by atoms with Gasteiger partial charge in [0.2, 0.25) is 0 Å². The second kappa shape index (κ2) is 8.26. The molecule has 0 heterocycles. The van der Waals surface area contributed by atoms with E-state index in [9.17, 15) is 23.1 Å². The monoisotopic (exact) mass is 400 g/mol. The number of urea groups is 1. The van der Waals surface area contributed by atoms with Gasteiger partial charge in [-0.05, 0) is 47.5 Å². The van der Waals surface area contributed by atoms with Crippen molar-refractivity contribution in [3.8, 4) is 16.9 Å². The van der Waals surface area contributed by atoms with Crippen LogP contribution >= 0.6 is 0 Å². The summed E-state index contributed by atoms with van der Waals surface area (Å²) in [5, 5.41) is 12.8. The second-order valence-corrected chi connectivity index (χ2v) is 6.58. The second-order valence-electron chi connectivity index (χ2n) is 6.58. The number of alkyl halides is 3. The predicted molar refractivity (Wildman–Crippen MR) is 105 cm³/mol. The highest BCUT2D eigenvalue weighted by molar-refractivity contribution is 5.89. The highest BCUT2D eigenvalue weighted by Gasteiger charge is 2.31. The Balaban J connectivity index is 1.79. The minimum atomic E-state index is -4.50. The number of carbonyl (C=O) groups excluding carboxylic acids is 1. The van der Waals surface area contributed by atoms with Crippen LogP contribution in [0.25, 0.3) is 11.1 Å². The van der Waals surface area contributed by atoms with E-state index in [1.54, 1.807) is 55.6 Å². The molecule has 0 spiro atoms. The lowest BCUT2D eigenvalue weighted by Crippen LogP contribution is -2.30. The molecule has 0 saturated carbocycles. The molecule has 150 valence electrons. The first-order valence-electron chi connectivity index (χ1n) is 8.81. The van der Waals surface area contributed by atoms with Crippen LogP contribution in [0, 0.1) is 0 Å². The molecule has 0 radical (unpaired) electrons. The van der Waals surface area contributed by atoms with E-state index in [1.165, 1.54) is 4.90 Å². The zero-order chi connectivity index (χ0) is 21.0. The molecule has 3 aromatic rings. The number of aromatic hydroxyl groups is 1. The highest BCUT2D eigenvalue weighted by Crippen LogP contribution is 2.36. The Hall–Kier alpha value is -3.48. The van der Waals surface area contributed by atoms with Gasteiger partial charge in [0.05, 0.1) is 5.56 Å². The molecule has 0 aromatic heterocycles. The van der Waals surface area contributed by atoms with Crippen LogP contribution in [0.15, 0.2) is 72.8 Å². The summed E-state index contributed by atoms with van der Waals surface area (Å²) < 4.78 is 39.0. The summed E-state index contributed by atoms with van der Waals surface area (Å²) in [6, 6.07) is 18.2. The van der Waals surface area contributed by atoms with E-state index in [4.69, 9.17) is 0 Å². The first-order valence-corrected chi connectivity index (χ1v) is 8.81. The minimum Gasteiger partial charge on any atom is -0.507 e. The lowest BCUT2D eigenvalue weighted by molar-refractivity contribution is -0.137. The van der Waals surface area contributed by atoms with Crippen LogP contribution in [0.5, 0.6) is 5.75 Å². The molecule has 0 fully saturated rings. The molecule has 0 aliphatic heterocycles. The summed E-state index contributed by atoms with van der Waals surface area (Å²) in [7, 11) is 1.62. The molecule has 0 atom stereocenters.